The number of imidazole rings is 1. The highest BCUT2D eigenvalue weighted by Crippen LogP contribution is 1.93. The largest absolute Gasteiger partial charge is 0.359 e. The van der Waals surface area contributed by atoms with E-state index >= 15 is 0 Å². The Balaban J connectivity index is 2.07. The summed E-state index contributed by atoms with van der Waals surface area (Å²) in [6.45, 7) is 4.44. The third kappa shape index (κ3) is 4.12. The molecule has 0 aliphatic heterocycles. The van der Waals surface area contributed by atoms with Crippen LogP contribution in [0.2, 0.25) is 0 Å². The first-order valence-corrected chi connectivity index (χ1v) is 5.13. The summed E-state index contributed by atoms with van der Waals surface area (Å²) in [6, 6.07) is 0. The lowest BCUT2D eigenvalue weighted by molar-refractivity contribution is -0.120. The number of nitrogens with one attached hydrogen (secondary N) is 2. The quantitative estimate of drug-likeness (QED) is 0.646. The van der Waals surface area contributed by atoms with Crippen molar-refractivity contribution < 1.29 is 4.79 Å². The molecule has 1 aromatic rings. The van der Waals surface area contributed by atoms with Crippen molar-refractivity contribution >= 4 is 5.91 Å². The van der Waals surface area contributed by atoms with Gasteiger partial charge in [-0.15, -0.1) is 0 Å². The van der Waals surface area contributed by atoms with E-state index in [0.717, 1.165) is 18.9 Å². The van der Waals surface area contributed by atoms with Crippen molar-refractivity contribution in [3.8, 4) is 0 Å². The van der Waals surface area contributed by atoms with E-state index in [0.29, 0.717) is 13.0 Å². The first kappa shape index (κ1) is 11.7. The molecule has 84 valence electrons. The van der Waals surface area contributed by atoms with E-state index in [-0.39, 0.29) is 5.91 Å². The minimum absolute atomic E-state index is 0.0707. The van der Waals surface area contributed by atoms with Gasteiger partial charge in [0, 0.05) is 45.5 Å². The fourth-order valence-corrected chi connectivity index (χ4v) is 1.29. The van der Waals surface area contributed by atoms with Crippen molar-refractivity contribution in [3.05, 3.63) is 18.2 Å². The smallest absolute Gasteiger partial charge is 0.221 e. The Morgan fingerprint density at radius 3 is 2.93 bits per heavy atom. The minimum atomic E-state index is 0.0707. The summed E-state index contributed by atoms with van der Waals surface area (Å²) in [7, 11) is 1.65. The lowest BCUT2D eigenvalue weighted by Crippen LogP contribution is -2.27. The summed E-state index contributed by atoms with van der Waals surface area (Å²) >= 11 is 0. The predicted octanol–water partition coefficient (Wildman–Crippen LogP) is -0.0828. The van der Waals surface area contributed by atoms with Crippen LogP contribution in [0, 0.1) is 6.92 Å². The van der Waals surface area contributed by atoms with Crippen LogP contribution in [0.5, 0.6) is 0 Å². The minimum Gasteiger partial charge on any atom is -0.359 e. The third-order valence-electron chi connectivity index (χ3n) is 2.26. The summed E-state index contributed by atoms with van der Waals surface area (Å²) in [5.41, 5.74) is 0. The normalized spacial score (nSPS) is 10.3. The van der Waals surface area contributed by atoms with Crippen LogP contribution in [0.3, 0.4) is 0 Å². The van der Waals surface area contributed by atoms with E-state index in [1.54, 1.807) is 13.2 Å². The molecule has 0 saturated carbocycles. The molecule has 5 heteroatoms. The number of aryl methyl sites for hydroxylation is 1. The van der Waals surface area contributed by atoms with Crippen molar-refractivity contribution in [1.29, 1.82) is 0 Å². The van der Waals surface area contributed by atoms with Crippen LogP contribution in [0.1, 0.15) is 12.2 Å². The van der Waals surface area contributed by atoms with Gasteiger partial charge in [-0.3, -0.25) is 4.79 Å². The maximum Gasteiger partial charge on any atom is 0.221 e. The fraction of sp³-hybridized carbons (Fsp3) is 0.600. The van der Waals surface area contributed by atoms with Gasteiger partial charge in [0.15, 0.2) is 0 Å². The maximum atomic E-state index is 10.9. The van der Waals surface area contributed by atoms with E-state index in [1.165, 1.54) is 0 Å². The molecule has 0 radical (unpaired) electrons. The maximum absolute atomic E-state index is 10.9. The number of carbonyl (C=O) groups excluding carboxylic acids is 1. The number of aromatic nitrogens is 2. The summed E-state index contributed by atoms with van der Waals surface area (Å²) in [4.78, 5) is 15.0. The van der Waals surface area contributed by atoms with Crippen LogP contribution < -0.4 is 10.6 Å². The van der Waals surface area contributed by atoms with Crippen LogP contribution in [-0.2, 0) is 11.3 Å². The Morgan fingerprint density at radius 2 is 2.33 bits per heavy atom. The van der Waals surface area contributed by atoms with Gasteiger partial charge in [0.25, 0.3) is 0 Å². The Morgan fingerprint density at radius 1 is 1.53 bits per heavy atom. The van der Waals surface area contributed by atoms with E-state index in [4.69, 9.17) is 0 Å². The van der Waals surface area contributed by atoms with Crippen molar-refractivity contribution in [2.24, 2.45) is 0 Å². The lowest BCUT2D eigenvalue weighted by Gasteiger charge is -2.06. The topological polar surface area (TPSA) is 59.0 Å². The number of hydrogen-bond acceptors (Lipinski definition) is 3. The zero-order chi connectivity index (χ0) is 11.1. The molecular formula is C10H18N4O. The van der Waals surface area contributed by atoms with Gasteiger partial charge >= 0.3 is 0 Å². The molecule has 0 fully saturated rings. The second-order valence-electron chi connectivity index (χ2n) is 3.34. The summed E-state index contributed by atoms with van der Waals surface area (Å²) in [6.07, 6.45) is 4.27. The van der Waals surface area contributed by atoms with Crippen molar-refractivity contribution in [3.63, 3.8) is 0 Å². The molecule has 0 unspecified atom stereocenters. The SMILES string of the molecule is CNC(=O)CCNCCn1ccnc1C. The summed E-state index contributed by atoms with van der Waals surface area (Å²) < 4.78 is 2.08. The number of amides is 1. The first-order chi connectivity index (χ1) is 7.24. The van der Waals surface area contributed by atoms with Gasteiger partial charge in [-0.1, -0.05) is 0 Å². The summed E-state index contributed by atoms with van der Waals surface area (Å²) in [5.74, 6) is 1.09. The molecule has 0 bridgehead atoms. The molecule has 1 rings (SSSR count). The van der Waals surface area contributed by atoms with Crippen LogP contribution >= 0.6 is 0 Å². The van der Waals surface area contributed by atoms with E-state index in [2.05, 4.69) is 20.2 Å². The standard InChI is InChI=1S/C10H18N4O/c1-9-13-6-8-14(9)7-5-12-4-3-10(15)11-2/h6,8,12H,3-5,7H2,1-2H3,(H,11,15). The molecule has 5 nitrogen and oxygen atoms in total. The second kappa shape index (κ2) is 6.19. The highest BCUT2D eigenvalue weighted by molar-refractivity contribution is 5.75. The zero-order valence-corrected chi connectivity index (χ0v) is 9.29. The Bertz CT molecular complexity index is 308. The monoisotopic (exact) mass is 210 g/mol. The zero-order valence-electron chi connectivity index (χ0n) is 9.29. The van der Waals surface area contributed by atoms with Crippen molar-refractivity contribution in [2.75, 3.05) is 20.1 Å². The second-order valence-corrected chi connectivity index (χ2v) is 3.34. The molecule has 1 heterocycles. The van der Waals surface area contributed by atoms with E-state index < -0.39 is 0 Å². The van der Waals surface area contributed by atoms with Gasteiger partial charge in [-0.2, -0.15) is 0 Å². The average Bonchev–Trinajstić information content (AvgIpc) is 2.63. The first-order valence-electron chi connectivity index (χ1n) is 5.13. The van der Waals surface area contributed by atoms with Crippen molar-refractivity contribution in [2.45, 2.75) is 19.9 Å². The van der Waals surface area contributed by atoms with Gasteiger partial charge in [0.05, 0.1) is 0 Å². The molecule has 0 aliphatic rings. The van der Waals surface area contributed by atoms with Crippen molar-refractivity contribution in [1.82, 2.24) is 20.2 Å². The fourth-order valence-electron chi connectivity index (χ4n) is 1.29. The highest BCUT2D eigenvalue weighted by Gasteiger charge is 1.97. The molecule has 0 atom stereocenters. The molecule has 0 saturated heterocycles. The van der Waals surface area contributed by atoms with Gasteiger partial charge in [0.1, 0.15) is 5.82 Å². The van der Waals surface area contributed by atoms with E-state index in [9.17, 15) is 4.79 Å². The van der Waals surface area contributed by atoms with Crippen LogP contribution in [0.4, 0.5) is 0 Å². The molecule has 1 amide bonds. The third-order valence-corrected chi connectivity index (χ3v) is 2.26. The van der Waals surface area contributed by atoms with Crippen LogP contribution in [0.15, 0.2) is 12.4 Å². The molecule has 1 aromatic heterocycles. The molecule has 0 aromatic carbocycles. The molecule has 0 aliphatic carbocycles. The van der Waals surface area contributed by atoms with Gasteiger partial charge in [-0.25, -0.2) is 4.98 Å². The Labute approximate surface area is 89.9 Å². The highest BCUT2D eigenvalue weighted by atomic mass is 16.1. The van der Waals surface area contributed by atoms with Crippen LogP contribution in [0.25, 0.3) is 0 Å². The molecule has 2 N–H and O–H groups in total. The number of carbonyl (C=O) groups is 1. The van der Waals surface area contributed by atoms with E-state index in [1.807, 2.05) is 13.1 Å². The number of hydrogen-bond donors (Lipinski definition) is 2. The molecule has 0 spiro atoms. The Kier molecular flexibility index (Phi) is 4.83. The van der Waals surface area contributed by atoms with Crippen LogP contribution in [-0.4, -0.2) is 35.6 Å². The number of nitrogens with zero attached hydrogens (tertiary/aromatic N) is 2. The number of rotatable bonds is 6. The molecular weight excluding hydrogens is 192 g/mol. The Hall–Kier alpha value is -1.36. The average molecular weight is 210 g/mol. The predicted molar refractivity (Wildman–Crippen MR) is 58.5 cm³/mol. The molecule has 15 heavy (non-hydrogen) atoms. The van der Waals surface area contributed by atoms with Gasteiger partial charge in [-0.05, 0) is 6.92 Å². The summed E-state index contributed by atoms with van der Waals surface area (Å²) in [5, 5.41) is 5.79. The lowest BCUT2D eigenvalue weighted by atomic mass is 10.4. The van der Waals surface area contributed by atoms with Gasteiger partial charge in [0.2, 0.25) is 5.91 Å². The van der Waals surface area contributed by atoms with Gasteiger partial charge < -0.3 is 15.2 Å².